The Balaban J connectivity index is 1.87. The first-order valence-corrected chi connectivity index (χ1v) is 9.70. The van der Waals surface area contributed by atoms with E-state index in [1.165, 1.54) is 37.2 Å². The van der Waals surface area contributed by atoms with Crippen LogP contribution in [-0.2, 0) is 0 Å². The van der Waals surface area contributed by atoms with Crippen molar-refractivity contribution in [3.05, 3.63) is 84.3 Å². The first-order chi connectivity index (χ1) is 10.3. The van der Waals surface area contributed by atoms with Gasteiger partial charge in [0, 0.05) is 5.66 Å². The van der Waals surface area contributed by atoms with Gasteiger partial charge >= 0.3 is 0 Å². The van der Waals surface area contributed by atoms with Gasteiger partial charge in [0.2, 0.25) is 0 Å². The third-order valence-corrected chi connectivity index (χ3v) is 7.93. The predicted octanol–water partition coefficient (Wildman–Crippen LogP) is 4.96. The van der Waals surface area contributed by atoms with Crippen LogP contribution in [0.5, 0.6) is 0 Å². The van der Waals surface area contributed by atoms with E-state index in [0.29, 0.717) is 0 Å². The summed E-state index contributed by atoms with van der Waals surface area (Å²) in [6.07, 6.45) is 3.51. The van der Waals surface area contributed by atoms with E-state index < -0.39 is 0 Å². The lowest BCUT2D eigenvalue weighted by Crippen LogP contribution is -2.17. The highest BCUT2D eigenvalue weighted by Crippen LogP contribution is 2.57. The Hall–Kier alpha value is -0.700. The van der Waals surface area contributed by atoms with Crippen molar-refractivity contribution in [1.29, 1.82) is 0 Å². The van der Waals surface area contributed by atoms with Crippen LogP contribution >= 0.6 is 16.5 Å². The van der Waals surface area contributed by atoms with Gasteiger partial charge in [-0.05, 0) is 42.7 Å². The lowest BCUT2D eigenvalue weighted by molar-refractivity contribution is 1.02. The molecular formula is C19H19P2. The summed E-state index contributed by atoms with van der Waals surface area (Å²) in [5.74, 6) is 2.94. The van der Waals surface area contributed by atoms with Gasteiger partial charge in [-0.15, -0.1) is 0 Å². The van der Waals surface area contributed by atoms with Gasteiger partial charge in [0.15, 0.2) is 0 Å². The minimum Gasteiger partial charge on any atom is -0.0673 e. The molecule has 0 bridgehead atoms. The molecule has 0 spiro atoms. The van der Waals surface area contributed by atoms with Crippen LogP contribution in [0.25, 0.3) is 0 Å². The summed E-state index contributed by atoms with van der Waals surface area (Å²) in [5.41, 5.74) is 1.59. The molecule has 1 aliphatic rings. The highest BCUT2D eigenvalue weighted by atomic mass is 31.1. The minimum absolute atomic E-state index is 0.306. The van der Waals surface area contributed by atoms with Gasteiger partial charge in [0.1, 0.15) is 0 Å². The van der Waals surface area contributed by atoms with Gasteiger partial charge in [-0.2, -0.15) is 0 Å². The second-order valence-corrected chi connectivity index (χ2v) is 8.53. The van der Waals surface area contributed by atoms with Crippen molar-refractivity contribution >= 4 is 27.1 Å². The van der Waals surface area contributed by atoms with E-state index in [9.17, 15) is 0 Å². The summed E-state index contributed by atoms with van der Waals surface area (Å²) in [7, 11) is 1.09. The first kappa shape index (κ1) is 15.2. The van der Waals surface area contributed by atoms with Crippen LogP contribution in [-0.4, -0.2) is 6.16 Å². The SMILES string of the molecule is C[C]1[CH][P][C](CP(c2ccccc2)c2ccccc2)[C]1C. The molecule has 2 aromatic rings. The average molecular weight is 309 g/mol. The molecule has 105 valence electrons. The van der Waals surface area contributed by atoms with E-state index in [4.69, 9.17) is 0 Å². The van der Waals surface area contributed by atoms with Gasteiger partial charge < -0.3 is 0 Å². The third kappa shape index (κ3) is 3.56. The normalized spacial score (nSPS) is 18.8. The molecule has 0 atom stereocenters. The minimum atomic E-state index is -0.306. The maximum atomic E-state index is 2.34. The van der Waals surface area contributed by atoms with Crippen molar-refractivity contribution in [2.24, 2.45) is 0 Å². The molecule has 21 heavy (non-hydrogen) atoms. The number of rotatable bonds is 4. The Bertz CT molecular complexity index is 513. The summed E-state index contributed by atoms with van der Waals surface area (Å²) in [4.78, 5) is 0. The predicted molar refractivity (Wildman–Crippen MR) is 96.2 cm³/mol. The number of benzene rings is 2. The largest absolute Gasteiger partial charge is 0.0673 e. The maximum absolute atomic E-state index is 2.34. The third-order valence-electron chi connectivity index (χ3n) is 3.88. The highest BCUT2D eigenvalue weighted by Gasteiger charge is 2.34. The van der Waals surface area contributed by atoms with Crippen LogP contribution in [0.1, 0.15) is 13.8 Å². The fraction of sp³-hybridized carbons (Fsp3) is 0.158. The molecule has 3 rings (SSSR count). The van der Waals surface area contributed by atoms with Crippen LogP contribution in [0.2, 0.25) is 0 Å². The van der Waals surface area contributed by atoms with Crippen molar-refractivity contribution in [3.63, 3.8) is 0 Å². The smallest absolute Gasteiger partial charge is 0.0166 e. The van der Waals surface area contributed by atoms with E-state index in [0.717, 1.165) is 0 Å². The molecule has 1 fully saturated rings. The second kappa shape index (κ2) is 7.04. The average Bonchev–Trinajstić information content (AvgIpc) is 2.86. The Morgan fingerprint density at radius 3 is 1.76 bits per heavy atom. The molecule has 0 unspecified atom stereocenters. The summed E-state index contributed by atoms with van der Waals surface area (Å²) in [5, 5.41) is 2.94. The van der Waals surface area contributed by atoms with Crippen LogP contribution < -0.4 is 10.6 Å². The van der Waals surface area contributed by atoms with Crippen LogP contribution in [0.15, 0.2) is 60.7 Å². The van der Waals surface area contributed by atoms with E-state index >= 15 is 0 Å². The molecule has 2 heteroatoms. The zero-order valence-electron chi connectivity index (χ0n) is 12.5. The van der Waals surface area contributed by atoms with E-state index in [-0.39, 0.29) is 7.92 Å². The molecule has 5 radical (unpaired) electrons. The Labute approximate surface area is 131 Å². The molecule has 0 N–H and O–H groups in total. The molecule has 0 saturated carbocycles. The molecule has 0 amide bonds. The zero-order chi connectivity index (χ0) is 14.7. The molecule has 0 nitrogen and oxygen atoms in total. The van der Waals surface area contributed by atoms with E-state index in [1.54, 1.807) is 5.66 Å². The summed E-state index contributed by atoms with van der Waals surface area (Å²) < 4.78 is 0. The van der Waals surface area contributed by atoms with Crippen LogP contribution in [0, 0.1) is 23.7 Å². The molecular weight excluding hydrogens is 290 g/mol. The monoisotopic (exact) mass is 309 g/mol. The maximum Gasteiger partial charge on any atom is 0.0166 e. The van der Waals surface area contributed by atoms with Crippen molar-refractivity contribution in [2.75, 3.05) is 6.16 Å². The molecule has 2 aromatic carbocycles. The van der Waals surface area contributed by atoms with Gasteiger partial charge in [0.05, 0.1) is 0 Å². The van der Waals surface area contributed by atoms with Crippen molar-refractivity contribution in [3.8, 4) is 0 Å². The lowest BCUT2D eigenvalue weighted by Gasteiger charge is -2.24. The summed E-state index contributed by atoms with van der Waals surface area (Å²) >= 11 is 0. The van der Waals surface area contributed by atoms with Crippen LogP contribution in [0.3, 0.4) is 0 Å². The van der Waals surface area contributed by atoms with Gasteiger partial charge in [0.25, 0.3) is 0 Å². The Morgan fingerprint density at radius 2 is 1.33 bits per heavy atom. The fourth-order valence-electron chi connectivity index (χ4n) is 2.45. The molecule has 1 saturated heterocycles. The highest BCUT2D eigenvalue weighted by molar-refractivity contribution is 7.73. The van der Waals surface area contributed by atoms with E-state index in [2.05, 4.69) is 80.7 Å². The molecule has 0 aliphatic carbocycles. The molecule has 1 aliphatic heterocycles. The summed E-state index contributed by atoms with van der Waals surface area (Å²) in [6.45, 7) is 4.49. The van der Waals surface area contributed by atoms with Crippen molar-refractivity contribution in [1.82, 2.24) is 0 Å². The van der Waals surface area contributed by atoms with Crippen molar-refractivity contribution in [2.45, 2.75) is 13.8 Å². The number of hydrogen-bond donors (Lipinski definition) is 0. The van der Waals surface area contributed by atoms with Crippen LogP contribution in [0.4, 0.5) is 0 Å². The Morgan fingerprint density at radius 1 is 0.810 bits per heavy atom. The Kier molecular flexibility index (Phi) is 5.10. The lowest BCUT2D eigenvalue weighted by atomic mass is 9.96. The topological polar surface area (TPSA) is 0 Å². The summed E-state index contributed by atoms with van der Waals surface area (Å²) in [6, 6.07) is 22.0. The van der Waals surface area contributed by atoms with Gasteiger partial charge in [-0.25, -0.2) is 0 Å². The first-order valence-electron chi connectivity index (χ1n) is 7.21. The second-order valence-electron chi connectivity index (χ2n) is 5.27. The quantitative estimate of drug-likeness (QED) is 0.700. The van der Waals surface area contributed by atoms with Gasteiger partial charge in [-0.3, -0.25) is 0 Å². The number of hydrogen-bond acceptors (Lipinski definition) is 0. The standard InChI is InChI=1S/C19H19P2/c1-15-13-20-19(16(15)2)14-21(17-9-5-3-6-10-17)18-11-7-4-8-12-18/h3-13H,14H2,1-2H3. The molecule has 0 aromatic heterocycles. The molecule has 1 heterocycles. The van der Waals surface area contributed by atoms with E-state index in [1.807, 2.05) is 0 Å². The van der Waals surface area contributed by atoms with Crippen molar-refractivity contribution < 1.29 is 0 Å². The van der Waals surface area contributed by atoms with Gasteiger partial charge in [-0.1, -0.05) is 83.1 Å². The zero-order valence-corrected chi connectivity index (χ0v) is 14.2. The fourth-order valence-corrected chi connectivity index (χ4v) is 6.38.